The molecule has 10 heteroatoms. The van der Waals surface area contributed by atoms with Gasteiger partial charge in [0.2, 0.25) is 10.0 Å². The minimum atomic E-state index is -3.51. The van der Waals surface area contributed by atoms with Gasteiger partial charge in [0.05, 0.1) is 6.04 Å². The summed E-state index contributed by atoms with van der Waals surface area (Å²) in [4.78, 5) is 7.46. The zero-order chi connectivity index (χ0) is 17.4. The molecule has 2 fully saturated rings. The molecule has 8 nitrogen and oxygen atoms in total. The van der Waals surface area contributed by atoms with E-state index in [1.54, 1.807) is 11.4 Å². The molecule has 4 heterocycles. The first-order chi connectivity index (χ1) is 12.1. The number of sulfonamides is 1. The van der Waals surface area contributed by atoms with Gasteiger partial charge in [-0.05, 0) is 31.3 Å². The molecule has 25 heavy (non-hydrogen) atoms. The lowest BCUT2D eigenvalue weighted by Crippen LogP contribution is -2.44. The summed E-state index contributed by atoms with van der Waals surface area (Å²) in [5, 5.41) is 9.17. The maximum atomic E-state index is 12.9. The van der Waals surface area contributed by atoms with E-state index in [1.165, 1.54) is 15.6 Å². The van der Waals surface area contributed by atoms with E-state index in [9.17, 15) is 8.42 Å². The van der Waals surface area contributed by atoms with Crippen LogP contribution in [0.3, 0.4) is 0 Å². The van der Waals surface area contributed by atoms with Crippen molar-refractivity contribution in [2.24, 2.45) is 0 Å². The Kier molecular flexibility index (Phi) is 4.63. The van der Waals surface area contributed by atoms with Crippen LogP contribution >= 0.6 is 11.3 Å². The number of hydrogen-bond acceptors (Lipinski definition) is 8. The van der Waals surface area contributed by atoms with Crippen molar-refractivity contribution in [1.82, 2.24) is 24.7 Å². The molecule has 0 radical (unpaired) electrons. The maximum Gasteiger partial charge on any atom is 0.269 e. The Bertz CT molecular complexity index is 841. The highest BCUT2D eigenvalue weighted by atomic mass is 32.2. The van der Waals surface area contributed by atoms with Gasteiger partial charge in [-0.3, -0.25) is 4.90 Å². The summed E-state index contributed by atoms with van der Waals surface area (Å²) in [5.74, 6) is 0.865. The summed E-state index contributed by atoms with van der Waals surface area (Å²) in [6.45, 7) is 3.73. The highest BCUT2D eigenvalue weighted by molar-refractivity contribution is 7.89. The van der Waals surface area contributed by atoms with Gasteiger partial charge >= 0.3 is 0 Å². The number of thiophene rings is 1. The van der Waals surface area contributed by atoms with Gasteiger partial charge in [-0.2, -0.15) is 9.29 Å². The molecule has 2 aromatic rings. The molecule has 1 N–H and O–H groups in total. The van der Waals surface area contributed by atoms with E-state index in [4.69, 9.17) is 4.52 Å². The third-order valence-corrected chi connectivity index (χ3v) is 7.73. The molecule has 0 bridgehead atoms. The number of nitrogens with one attached hydrogen (secondary N) is 1. The highest BCUT2D eigenvalue weighted by Gasteiger charge is 2.33. The topological polar surface area (TPSA) is 91.6 Å². The molecule has 2 aliphatic rings. The fourth-order valence-corrected chi connectivity index (χ4v) is 6.11. The fourth-order valence-electron chi connectivity index (χ4n) is 3.28. The summed E-state index contributed by atoms with van der Waals surface area (Å²) < 4.78 is 32.7. The van der Waals surface area contributed by atoms with Crippen LogP contribution in [0.4, 0.5) is 0 Å². The third-order valence-electron chi connectivity index (χ3n) is 4.76. The van der Waals surface area contributed by atoms with Crippen molar-refractivity contribution >= 4 is 21.4 Å². The van der Waals surface area contributed by atoms with Crippen LogP contribution in [-0.4, -0.2) is 67.5 Å². The van der Waals surface area contributed by atoms with Gasteiger partial charge in [0, 0.05) is 32.7 Å². The highest BCUT2D eigenvalue weighted by Crippen LogP contribution is 2.35. The van der Waals surface area contributed by atoms with Gasteiger partial charge in [-0.1, -0.05) is 5.16 Å². The molecule has 2 saturated heterocycles. The SMILES string of the molecule is CN1CCNCC1c1noc(-c2sccc2S(=O)(=O)N2CCCC2)n1. The minimum Gasteiger partial charge on any atom is -0.333 e. The molecule has 0 aliphatic carbocycles. The van der Waals surface area contributed by atoms with Crippen LogP contribution < -0.4 is 5.32 Å². The monoisotopic (exact) mass is 383 g/mol. The molecule has 2 aromatic heterocycles. The number of aromatic nitrogens is 2. The lowest BCUT2D eigenvalue weighted by Gasteiger charge is -2.30. The lowest BCUT2D eigenvalue weighted by molar-refractivity contribution is 0.190. The number of nitrogens with zero attached hydrogens (tertiary/aromatic N) is 4. The van der Waals surface area contributed by atoms with Gasteiger partial charge < -0.3 is 9.84 Å². The largest absolute Gasteiger partial charge is 0.333 e. The second kappa shape index (κ2) is 6.76. The Morgan fingerprint density at radius 1 is 1.32 bits per heavy atom. The summed E-state index contributed by atoms with van der Waals surface area (Å²) in [6, 6.07) is 1.66. The van der Waals surface area contributed by atoms with Crippen LogP contribution in [0.5, 0.6) is 0 Å². The van der Waals surface area contributed by atoms with E-state index >= 15 is 0 Å². The van der Waals surface area contributed by atoms with E-state index in [0.717, 1.165) is 32.5 Å². The van der Waals surface area contributed by atoms with Gasteiger partial charge in [0.25, 0.3) is 5.89 Å². The predicted molar refractivity (Wildman–Crippen MR) is 93.8 cm³/mol. The Balaban J connectivity index is 1.65. The smallest absolute Gasteiger partial charge is 0.269 e. The van der Waals surface area contributed by atoms with Gasteiger partial charge in [-0.25, -0.2) is 8.42 Å². The molecule has 0 spiro atoms. The molecule has 2 aliphatic heterocycles. The summed E-state index contributed by atoms with van der Waals surface area (Å²) in [6.07, 6.45) is 1.81. The molecular formula is C15H21N5O3S2. The van der Waals surface area contributed by atoms with Crippen LogP contribution in [0.1, 0.15) is 24.7 Å². The second-order valence-corrected chi connectivity index (χ2v) is 9.21. The first kappa shape index (κ1) is 17.1. The Labute approximate surface area is 150 Å². The van der Waals surface area contributed by atoms with Crippen LogP contribution in [0.2, 0.25) is 0 Å². The lowest BCUT2D eigenvalue weighted by atomic mass is 10.2. The van der Waals surface area contributed by atoms with E-state index in [2.05, 4.69) is 20.4 Å². The van der Waals surface area contributed by atoms with E-state index in [0.29, 0.717) is 23.8 Å². The first-order valence-corrected chi connectivity index (χ1v) is 10.7. The summed E-state index contributed by atoms with van der Waals surface area (Å²) >= 11 is 1.32. The standard InChI is InChI=1S/C15H21N5O3S2/c1-19-8-5-16-10-11(19)14-17-15(23-18-14)13-12(4-9-24-13)25(21,22)20-6-2-3-7-20/h4,9,11,16H,2-3,5-8,10H2,1H3. The zero-order valence-electron chi connectivity index (χ0n) is 14.0. The average molecular weight is 383 g/mol. The molecular weight excluding hydrogens is 362 g/mol. The van der Waals surface area contributed by atoms with Gasteiger partial charge in [0.1, 0.15) is 9.77 Å². The number of hydrogen-bond donors (Lipinski definition) is 1. The van der Waals surface area contributed by atoms with Crippen molar-refractivity contribution in [2.75, 3.05) is 39.8 Å². The van der Waals surface area contributed by atoms with E-state index < -0.39 is 10.0 Å². The van der Waals surface area contributed by atoms with Crippen molar-refractivity contribution in [3.05, 3.63) is 17.3 Å². The number of piperazine rings is 1. The van der Waals surface area contributed by atoms with E-state index in [-0.39, 0.29) is 16.8 Å². The number of likely N-dealkylation sites (N-methyl/N-ethyl adjacent to an activating group) is 1. The van der Waals surface area contributed by atoms with Crippen molar-refractivity contribution in [3.63, 3.8) is 0 Å². The predicted octanol–water partition coefficient (Wildman–Crippen LogP) is 1.16. The van der Waals surface area contributed by atoms with Crippen LogP contribution in [0.15, 0.2) is 20.9 Å². The van der Waals surface area contributed by atoms with Gasteiger partial charge in [0.15, 0.2) is 5.82 Å². The van der Waals surface area contributed by atoms with Crippen molar-refractivity contribution < 1.29 is 12.9 Å². The maximum absolute atomic E-state index is 12.9. The second-order valence-electron chi connectivity index (χ2n) is 6.38. The van der Waals surface area contributed by atoms with Gasteiger partial charge in [-0.15, -0.1) is 11.3 Å². The molecule has 136 valence electrons. The van der Waals surface area contributed by atoms with Crippen LogP contribution in [-0.2, 0) is 10.0 Å². The molecule has 1 atom stereocenters. The Morgan fingerprint density at radius 3 is 2.88 bits per heavy atom. The fraction of sp³-hybridized carbons (Fsp3) is 0.600. The molecule has 1 unspecified atom stereocenters. The molecule has 0 aromatic carbocycles. The van der Waals surface area contributed by atoms with Crippen molar-refractivity contribution in [2.45, 2.75) is 23.8 Å². The average Bonchev–Trinajstić information content (AvgIpc) is 3.34. The van der Waals surface area contributed by atoms with E-state index in [1.807, 2.05) is 7.05 Å². The normalized spacial score (nSPS) is 23.3. The quantitative estimate of drug-likeness (QED) is 0.847. The van der Waals surface area contributed by atoms with Crippen LogP contribution in [0.25, 0.3) is 10.8 Å². The van der Waals surface area contributed by atoms with Crippen molar-refractivity contribution in [3.8, 4) is 10.8 Å². The number of rotatable bonds is 4. The van der Waals surface area contributed by atoms with Crippen molar-refractivity contribution in [1.29, 1.82) is 0 Å². The zero-order valence-corrected chi connectivity index (χ0v) is 15.6. The molecule has 0 saturated carbocycles. The first-order valence-electron chi connectivity index (χ1n) is 8.40. The Morgan fingerprint density at radius 2 is 2.12 bits per heavy atom. The summed E-state index contributed by atoms with van der Waals surface area (Å²) in [7, 11) is -1.48. The molecule has 0 amide bonds. The minimum absolute atomic E-state index is 0.0323. The third kappa shape index (κ3) is 3.13. The Hall–Kier alpha value is -1.33. The molecule has 4 rings (SSSR count). The summed E-state index contributed by atoms with van der Waals surface area (Å²) in [5.41, 5.74) is 0. The van der Waals surface area contributed by atoms with Crippen LogP contribution in [0, 0.1) is 0 Å².